The Hall–Kier alpha value is -1.13. The molecule has 2 rings (SSSR count). The number of ether oxygens (including phenoxy) is 1. The maximum Gasteiger partial charge on any atom is 0.213 e. The average molecular weight is 235 g/mol. The van der Waals surface area contributed by atoms with Crippen LogP contribution in [0, 0.1) is 0 Å². The van der Waals surface area contributed by atoms with Crippen LogP contribution < -0.4 is 10.1 Å². The summed E-state index contributed by atoms with van der Waals surface area (Å²) in [4.78, 5) is 6.67. The number of nitrogens with zero attached hydrogens (tertiary/aromatic N) is 2. The summed E-state index contributed by atoms with van der Waals surface area (Å²) in [5.41, 5.74) is 1.28. The van der Waals surface area contributed by atoms with Crippen molar-refractivity contribution in [2.45, 2.75) is 26.5 Å². The van der Waals surface area contributed by atoms with E-state index in [1.165, 1.54) is 5.56 Å². The number of nitrogens with one attached hydrogen (secondary N) is 1. The van der Waals surface area contributed by atoms with Crippen LogP contribution in [-0.4, -0.2) is 42.2 Å². The van der Waals surface area contributed by atoms with Crippen LogP contribution in [0.25, 0.3) is 0 Å². The normalized spacial score (nSPS) is 17.4. The van der Waals surface area contributed by atoms with E-state index in [0.717, 1.165) is 38.6 Å². The van der Waals surface area contributed by atoms with Gasteiger partial charge < -0.3 is 10.1 Å². The number of hydrogen-bond acceptors (Lipinski definition) is 4. The van der Waals surface area contributed by atoms with Crippen LogP contribution in [-0.2, 0) is 6.54 Å². The van der Waals surface area contributed by atoms with E-state index in [0.29, 0.717) is 0 Å². The molecule has 1 N–H and O–H groups in total. The van der Waals surface area contributed by atoms with Gasteiger partial charge in [0.15, 0.2) is 0 Å². The number of pyridine rings is 1. The molecule has 0 bridgehead atoms. The second kappa shape index (κ2) is 5.98. The van der Waals surface area contributed by atoms with Crippen LogP contribution >= 0.6 is 0 Å². The highest BCUT2D eigenvalue weighted by molar-refractivity contribution is 5.20. The minimum Gasteiger partial charge on any atom is -0.475 e. The van der Waals surface area contributed by atoms with Gasteiger partial charge in [-0.2, -0.15) is 0 Å². The summed E-state index contributed by atoms with van der Waals surface area (Å²) in [6.45, 7) is 9.42. The van der Waals surface area contributed by atoms with Gasteiger partial charge in [-0.15, -0.1) is 0 Å². The van der Waals surface area contributed by atoms with Gasteiger partial charge in [0.25, 0.3) is 0 Å². The van der Waals surface area contributed by atoms with Crippen LogP contribution in [0.5, 0.6) is 5.88 Å². The molecule has 1 aromatic heterocycles. The topological polar surface area (TPSA) is 37.4 Å². The van der Waals surface area contributed by atoms with Gasteiger partial charge in [-0.3, -0.25) is 4.90 Å². The fourth-order valence-electron chi connectivity index (χ4n) is 1.98. The third-order valence-electron chi connectivity index (χ3n) is 2.77. The maximum absolute atomic E-state index is 5.60. The predicted octanol–water partition coefficient (Wildman–Crippen LogP) is 1.27. The van der Waals surface area contributed by atoms with Crippen molar-refractivity contribution in [2.24, 2.45) is 0 Å². The zero-order chi connectivity index (χ0) is 12.1. The number of hydrogen-bond donors (Lipinski definition) is 1. The van der Waals surface area contributed by atoms with Gasteiger partial charge in [0, 0.05) is 45.0 Å². The van der Waals surface area contributed by atoms with Gasteiger partial charge in [-0.1, -0.05) is 0 Å². The number of aromatic nitrogens is 1. The van der Waals surface area contributed by atoms with Gasteiger partial charge in [-0.05, 0) is 25.5 Å². The lowest BCUT2D eigenvalue weighted by atomic mass is 10.2. The van der Waals surface area contributed by atoms with Gasteiger partial charge in [0.2, 0.25) is 5.88 Å². The Labute approximate surface area is 103 Å². The van der Waals surface area contributed by atoms with Crippen LogP contribution in [0.3, 0.4) is 0 Å². The second-order valence-electron chi connectivity index (χ2n) is 4.70. The first-order valence-electron chi connectivity index (χ1n) is 6.29. The monoisotopic (exact) mass is 235 g/mol. The molecule has 17 heavy (non-hydrogen) atoms. The van der Waals surface area contributed by atoms with E-state index in [9.17, 15) is 0 Å². The van der Waals surface area contributed by atoms with E-state index in [1.54, 1.807) is 0 Å². The highest BCUT2D eigenvalue weighted by Gasteiger charge is 2.10. The zero-order valence-electron chi connectivity index (χ0n) is 10.6. The van der Waals surface area contributed by atoms with Crippen molar-refractivity contribution < 1.29 is 4.74 Å². The summed E-state index contributed by atoms with van der Waals surface area (Å²) in [6.07, 6.45) is 2.01. The lowest BCUT2D eigenvalue weighted by molar-refractivity contribution is 0.225. The van der Waals surface area contributed by atoms with Crippen molar-refractivity contribution in [1.82, 2.24) is 15.2 Å². The molecule has 1 fully saturated rings. The van der Waals surface area contributed by atoms with E-state index in [-0.39, 0.29) is 6.10 Å². The van der Waals surface area contributed by atoms with E-state index in [2.05, 4.69) is 21.3 Å². The van der Waals surface area contributed by atoms with E-state index < -0.39 is 0 Å². The molecule has 0 spiro atoms. The van der Waals surface area contributed by atoms with Crippen molar-refractivity contribution in [3.63, 3.8) is 0 Å². The van der Waals surface area contributed by atoms with Crippen molar-refractivity contribution in [3.05, 3.63) is 23.9 Å². The zero-order valence-corrected chi connectivity index (χ0v) is 10.6. The molecular formula is C13H21N3O. The highest BCUT2D eigenvalue weighted by Crippen LogP contribution is 2.13. The van der Waals surface area contributed by atoms with E-state index in [4.69, 9.17) is 4.74 Å². The molecule has 1 aromatic rings. The van der Waals surface area contributed by atoms with Crippen LogP contribution in [0.4, 0.5) is 0 Å². The van der Waals surface area contributed by atoms with Crippen molar-refractivity contribution >= 4 is 0 Å². The Bertz CT molecular complexity index is 348. The predicted molar refractivity (Wildman–Crippen MR) is 68.1 cm³/mol. The summed E-state index contributed by atoms with van der Waals surface area (Å²) in [5, 5.41) is 3.36. The van der Waals surface area contributed by atoms with Gasteiger partial charge in [-0.25, -0.2) is 4.98 Å². The first kappa shape index (κ1) is 12.3. The van der Waals surface area contributed by atoms with Gasteiger partial charge >= 0.3 is 0 Å². The average Bonchev–Trinajstić information content (AvgIpc) is 2.30. The van der Waals surface area contributed by atoms with Crippen LogP contribution in [0.1, 0.15) is 19.4 Å². The third-order valence-corrected chi connectivity index (χ3v) is 2.77. The molecule has 0 aliphatic carbocycles. The summed E-state index contributed by atoms with van der Waals surface area (Å²) in [5.74, 6) is 0.729. The fourth-order valence-corrected chi connectivity index (χ4v) is 1.98. The Kier molecular flexibility index (Phi) is 4.34. The Morgan fingerprint density at radius 3 is 2.88 bits per heavy atom. The second-order valence-corrected chi connectivity index (χ2v) is 4.70. The molecule has 0 amide bonds. The van der Waals surface area contributed by atoms with E-state index >= 15 is 0 Å². The lowest BCUT2D eigenvalue weighted by Crippen LogP contribution is -2.42. The molecule has 2 heterocycles. The first-order chi connectivity index (χ1) is 8.24. The third kappa shape index (κ3) is 3.98. The summed E-state index contributed by atoms with van der Waals surface area (Å²) >= 11 is 0. The van der Waals surface area contributed by atoms with Crippen molar-refractivity contribution in [2.75, 3.05) is 26.2 Å². The maximum atomic E-state index is 5.60. The largest absolute Gasteiger partial charge is 0.475 e. The molecule has 0 aromatic carbocycles. The molecule has 0 saturated carbocycles. The fraction of sp³-hybridized carbons (Fsp3) is 0.615. The Morgan fingerprint density at radius 2 is 2.18 bits per heavy atom. The molecule has 4 heteroatoms. The quantitative estimate of drug-likeness (QED) is 0.853. The standard InChI is InChI=1S/C13H21N3O/c1-11(2)17-13-9-12(3-4-15-13)10-16-7-5-14-6-8-16/h3-4,9,11,14H,5-8,10H2,1-2H3. The van der Waals surface area contributed by atoms with Crippen LogP contribution in [0.2, 0.25) is 0 Å². The minimum atomic E-state index is 0.178. The number of rotatable bonds is 4. The molecule has 0 unspecified atom stereocenters. The summed E-state index contributed by atoms with van der Waals surface area (Å²) in [6, 6.07) is 4.11. The molecule has 1 aliphatic heterocycles. The van der Waals surface area contributed by atoms with E-state index in [1.807, 2.05) is 26.1 Å². The van der Waals surface area contributed by atoms with Crippen LogP contribution in [0.15, 0.2) is 18.3 Å². The molecule has 94 valence electrons. The molecule has 4 nitrogen and oxygen atoms in total. The summed E-state index contributed by atoms with van der Waals surface area (Å²) < 4.78 is 5.60. The Morgan fingerprint density at radius 1 is 1.41 bits per heavy atom. The lowest BCUT2D eigenvalue weighted by Gasteiger charge is -2.27. The number of piperazine rings is 1. The van der Waals surface area contributed by atoms with Crippen molar-refractivity contribution in [3.8, 4) is 5.88 Å². The smallest absolute Gasteiger partial charge is 0.213 e. The summed E-state index contributed by atoms with van der Waals surface area (Å²) in [7, 11) is 0. The molecule has 0 radical (unpaired) electrons. The molecular weight excluding hydrogens is 214 g/mol. The SMILES string of the molecule is CC(C)Oc1cc(CN2CCNCC2)ccn1. The molecule has 0 atom stereocenters. The van der Waals surface area contributed by atoms with Gasteiger partial charge in [0.1, 0.15) is 0 Å². The van der Waals surface area contributed by atoms with Crippen molar-refractivity contribution in [1.29, 1.82) is 0 Å². The molecule has 1 saturated heterocycles. The molecule has 1 aliphatic rings. The first-order valence-corrected chi connectivity index (χ1v) is 6.29. The minimum absolute atomic E-state index is 0.178. The highest BCUT2D eigenvalue weighted by atomic mass is 16.5. The van der Waals surface area contributed by atoms with Gasteiger partial charge in [0.05, 0.1) is 6.10 Å². The Balaban J connectivity index is 1.95.